The van der Waals surface area contributed by atoms with Crippen LogP contribution >= 0.6 is 0 Å². The quantitative estimate of drug-likeness (QED) is 0.619. The number of hydrogen-bond donors (Lipinski definition) is 3. The Kier molecular flexibility index (Phi) is 7.55. The number of amides is 3. The Hall–Kier alpha value is -1.79. The number of urea groups is 1. The Bertz CT molecular complexity index is 327. The van der Waals surface area contributed by atoms with Crippen LogP contribution in [0.4, 0.5) is 4.79 Å². The number of carbonyl (C=O) groups excluding carboxylic acids is 2. The van der Waals surface area contributed by atoms with Crippen LogP contribution in [-0.2, 0) is 9.59 Å². The van der Waals surface area contributed by atoms with E-state index in [-0.39, 0.29) is 18.4 Å². The molecular formula is C12H23N3O4. The number of nitrogens with zero attached hydrogens (tertiary/aromatic N) is 1. The zero-order chi connectivity index (χ0) is 15.0. The molecule has 0 aromatic heterocycles. The SMILES string of the molecule is CCN(CC)C(=O)CNC(=O)N[C@H](C(=O)O)C(C)C. The second kappa shape index (κ2) is 8.34. The van der Waals surface area contributed by atoms with Crippen LogP contribution in [0.5, 0.6) is 0 Å². The number of carboxylic acids is 1. The lowest BCUT2D eigenvalue weighted by Crippen LogP contribution is -2.50. The molecule has 0 aliphatic carbocycles. The molecule has 0 heterocycles. The number of likely N-dealkylation sites (N-methyl/N-ethyl adjacent to an activating group) is 1. The van der Waals surface area contributed by atoms with E-state index in [1.54, 1.807) is 18.7 Å². The van der Waals surface area contributed by atoms with Crippen molar-refractivity contribution in [1.82, 2.24) is 15.5 Å². The van der Waals surface area contributed by atoms with E-state index < -0.39 is 18.0 Å². The summed E-state index contributed by atoms with van der Waals surface area (Å²) in [6.45, 7) is 8.09. The van der Waals surface area contributed by atoms with Crippen molar-refractivity contribution < 1.29 is 19.5 Å². The second-order valence-electron chi connectivity index (χ2n) is 4.45. The lowest BCUT2D eigenvalue weighted by molar-refractivity contribution is -0.140. The van der Waals surface area contributed by atoms with Crippen LogP contribution in [-0.4, -0.2) is 53.6 Å². The van der Waals surface area contributed by atoms with Crippen molar-refractivity contribution in [3.8, 4) is 0 Å². The molecule has 0 bridgehead atoms. The molecule has 3 N–H and O–H groups in total. The molecule has 3 amide bonds. The molecule has 0 fully saturated rings. The predicted molar refractivity (Wildman–Crippen MR) is 70.7 cm³/mol. The van der Waals surface area contributed by atoms with Crippen LogP contribution in [0.3, 0.4) is 0 Å². The van der Waals surface area contributed by atoms with Crippen molar-refractivity contribution in [2.75, 3.05) is 19.6 Å². The molecule has 19 heavy (non-hydrogen) atoms. The highest BCUT2D eigenvalue weighted by Crippen LogP contribution is 2.01. The number of carbonyl (C=O) groups is 3. The summed E-state index contributed by atoms with van der Waals surface area (Å²) in [7, 11) is 0. The van der Waals surface area contributed by atoms with Crippen molar-refractivity contribution >= 4 is 17.9 Å². The van der Waals surface area contributed by atoms with Crippen molar-refractivity contribution in [1.29, 1.82) is 0 Å². The number of aliphatic carboxylic acids is 1. The van der Waals surface area contributed by atoms with Gasteiger partial charge in [-0.15, -0.1) is 0 Å². The van der Waals surface area contributed by atoms with Gasteiger partial charge in [0.2, 0.25) is 5.91 Å². The third-order valence-electron chi connectivity index (χ3n) is 2.74. The van der Waals surface area contributed by atoms with E-state index in [4.69, 9.17) is 5.11 Å². The standard InChI is InChI=1S/C12H23N3O4/c1-5-15(6-2)9(16)7-13-12(19)14-10(8(3)4)11(17)18/h8,10H,5-7H2,1-4H3,(H,17,18)(H2,13,14,19)/t10-/m0/s1. The Morgan fingerprint density at radius 3 is 2.05 bits per heavy atom. The van der Waals surface area contributed by atoms with E-state index in [0.29, 0.717) is 13.1 Å². The van der Waals surface area contributed by atoms with Crippen molar-refractivity contribution in [2.24, 2.45) is 5.92 Å². The lowest BCUT2D eigenvalue weighted by atomic mass is 10.1. The van der Waals surface area contributed by atoms with Gasteiger partial charge in [-0.1, -0.05) is 13.8 Å². The zero-order valence-electron chi connectivity index (χ0n) is 11.9. The third kappa shape index (κ3) is 6.08. The number of rotatable bonds is 7. The van der Waals surface area contributed by atoms with Gasteiger partial charge in [-0.2, -0.15) is 0 Å². The molecule has 0 aromatic carbocycles. The summed E-state index contributed by atoms with van der Waals surface area (Å²) >= 11 is 0. The fourth-order valence-corrected chi connectivity index (χ4v) is 1.55. The van der Waals surface area contributed by atoms with E-state index in [0.717, 1.165) is 0 Å². The van der Waals surface area contributed by atoms with Crippen molar-refractivity contribution in [2.45, 2.75) is 33.7 Å². The Morgan fingerprint density at radius 2 is 1.68 bits per heavy atom. The number of hydrogen-bond acceptors (Lipinski definition) is 3. The maximum Gasteiger partial charge on any atom is 0.326 e. The van der Waals surface area contributed by atoms with Crippen LogP contribution in [0, 0.1) is 5.92 Å². The predicted octanol–water partition coefficient (Wildman–Crippen LogP) is 0.263. The largest absolute Gasteiger partial charge is 0.480 e. The van der Waals surface area contributed by atoms with Gasteiger partial charge in [0.15, 0.2) is 0 Å². The molecule has 0 aliphatic heterocycles. The second-order valence-corrected chi connectivity index (χ2v) is 4.45. The van der Waals surface area contributed by atoms with E-state index in [1.165, 1.54) is 0 Å². The minimum atomic E-state index is -1.10. The fraction of sp³-hybridized carbons (Fsp3) is 0.750. The molecule has 7 heteroatoms. The van der Waals surface area contributed by atoms with Gasteiger partial charge < -0.3 is 20.6 Å². The van der Waals surface area contributed by atoms with Gasteiger partial charge in [-0.25, -0.2) is 9.59 Å². The maximum absolute atomic E-state index is 11.6. The van der Waals surface area contributed by atoms with E-state index >= 15 is 0 Å². The normalized spacial score (nSPS) is 11.8. The first-order chi connectivity index (χ1) is 8.83. The molecule has 0 spiro atoms. The zero-order valence-corrected chi connectivity index (χ0v) is 11.9. The van der Waals surface area contributed by atoms with Gasteiger partial charge in [-0.3, -0.25) is 4.79 Å². The molecule has 1 atom stereocenters. The Morgan fingerprint density at radius 1 is 1.16 bits per heavy atom. The topological polar surface area (TPSA) is 98.7 Å². The third-order valence-corrected chi connectivity index (χ3v) is 2.74. The van der Waals surface area contributed by atoms with Crippen LogP contribution in [0.2, 0.25) is 0 Å². The highest BCUT2D eigenvalue weighted by atomic mass is 16.4. The molecule has 7 nitrogen and oxygen atoms in total. The minimum Gasteiger partial charge on any atom is -0.480 e. The first kappa shape index (κ1) is 17.2. The van der Waals surface area contributed by atoms with Gasteiger partial charge in [0, 0.05) is 13.1 Å². The molecule has 0 aliphatic rings. The summed E-state index contributed by atoms with van der Waals surface area (Å²) < 4.78 is 0. The van der Waals surface area contributed by atoms with Crippen molar-refractivity contribution in [3.63, 3.8) is 0 Å². The van der Waals surface area contributed by atoms with E-state index in [2.05, 4.69) is 10.6 Å². The molecule has 0 unspecified atom stereocenters. The molecule has 0 rings (SSSR count). The van der Waals surface area contributed by atoms with Gasteiger partial charge in [-0.05, 0) is 19.8 Å². The summed E-state index contributed by atoms with van der Waals surface area (Å²) in [6.07, 6.45) is 0. The lowest BCUT2D eigenvalue weighted by Gasteiger charge is -2.20. The fourth-order valence-electron chi connectivity index (χ4n) is 1.55. The molecule has 0 aromatic rings. The molecule has 0 radical (unpaired) electrons. The van der Waals surface area contributed by atoms with Gasteiger partial charge in [0.1, 0.15) is 6.04 Å². The number of nitrogens with one attached hydrogen (secondary N) is 2. The Balaban J connectivity index is 4.25. The smallest absolute Gasteiger partial charge is 0.326 e. The average Bonchev–Trinajstić information content (AvgIpc) is 2.34. The van der Waals surface area contributed by atoms with Gasteiger partial charge in [0.25, 0.3) is 0 Å². The average molecular weight is 273 g/mol. The van der Waals surface area contributed by atoms with Crippen LogP contribution in [0.15, 0.2) is 0 Å². The molecule has 0 saturated heterocycles. The highest BCUT2D eigenvalue weighted by Gasteiger charge is 2.23. The first-order valence-corrected chi connectivity index (χ1v) is 6.38. The first-order valence-electron chi connectivity index (χ1n) is 6.38. The molecule has 0 saturated carbocycles. The van der Waals surface area contributed by atoms with E-state index in [9.17, 15) is 14.4 Å². The Labute approximate surface area is 113 Å². The minimum absolute atomic E-state index is 0.141. The highest BCUT2D eigenvalue weighted by molar-refractivity contribution is 5.86. The monoisotopic (exact) mass is 273 g/mol. The van der Waals surface area contributed by atoms with Crippen LogP contribution < -0.4 is 10.6 Å². The summed E-state index contributed by atoms with van der Waals surface area (Å²) in [4.78, 5) is 35.6. The summed E-state index contributed by atoms with van der Waals surface area (Å²) in [6, 6.07) is -1.62. The van der Waals surface area contributed by atoms with Crippen molar-refractivity contribution in [3.05, 3.63) is 0 Å². The van der Waals surface area contributed by atoms with E-state index in [1.807, 2.05) is 13.8 Å². The van der Waals surface area contributed by atoms with Crippen LogP contribution in [0.25, 0.3) is 0 Å². The van der Waals surface area contributed by atoms with Gasteiger partial charge in [0.05, 0.1) is 6.54 Å². The summed E-state index contributed by atoms with van der Waals surface area (Å²) in [5, 5.41) is 13.6. The number of carboxylic acid groups (broad SMARTS) is 1. The van der Waals surface area contributed by atoms with Gasteiger partial charge >= 0.3 is 12.0 Å². The molecular weight excluding hydrogens is 250 g/mol. The summed E-state index contributed by atoms with van der Waals surface area (Å²) in [5.41, 5.74) is 0. The maximum atomic E-state index is 11.6. The summed E-state index contributed by atoms with van der Waals surface area (Å²) in [5.74, 6) is -1.53. The molecule has 110 valence electrons. The van der Waals surface area contributed by atoms with Crippen LogP contribution in [0.1, 0.15) is 27.7 Å².